The smallest absolute Gasteiger partial charge is 0.191 e. The molecule has 0 radical (unpaired) electrons. The van der Waals surface area contributed by atoms with Crippen LogP contribution < -0.4 is 0 Å². The molecule has 0 aromatic carbocycles. The highest BCUT2D eigenvalue weighted by Crippen LogP contribution is 2.33. The van der Waals surface area contributed by atoms with Gasteiger partial charge < -0.3 is 14.4 Å². The van der Waals surface area contributed by atoms with Gasteiger partial charge in [0.1, 0.15) is 5.82 Å². The maximum atomic E-state index is 8.77. The van der Waals surface area contributed by atoms with E-state index in [2.05, 4.69) is 32.3 Å². The zero-order valence-electron chi connectivity index (χ0n) is 13.9. The molecule has 5 nitrogen and oxygen atoms in total. The van der Waals surface area contributed by atoms with Crippen LogP contribution in [0.2, 0.25) is 0 Å². The van der Waals surface area contributed by atoms with Crippen LogP contribution in [0.4, 0.5) is 0 Å². The van der Waals surface area contributed by atoms with Gasteiger partial charge >= 0.3 is 0 Å². The normalized spacial score (nSPS) is 15.9. The van der Waals surface area contributed by atoms with Crippen molar-refractivity contribution in [2.45, 2.75) is 49.7 Å². The van der Waals surface area contributed by atoms with Crippen molar-refractivity contribution in [3.63, 3.8) is 0 Å². The maximum Gasteiger partial charge on any atom is 0.191 e. The molecule has 1 aliphatic carbocycles. The van der Waals surface area contributed by atoms with Crippen LogP contribution in [0.1, 0.15) is 48.8 Å². The summed E-state index contributed by atoms with van der Waals surface area (Å²) in [5.41, 5.74) is 0. The van der Waals surface area contributed by atoms with Gasteiger partial charge in [0.05, 0.1) is 19.8 Å². The average Bonchev–Trinajstić information content (AvgIpc) is 3.26. The van der Waals surface area contributed by atoms with Crippen molar-refractivity contribution >= 4 is 23.1 Å². The molecule has 1 saturated carbocycles. The van der Waals surface area contributed by atoms with Gasteiger partial charge in [-0.25, -0.2) is 0 Å². The van der Waals surface area contributed by atoms with Gasteiger partial charge in [0, 0.05) is 23.1 Å². The third-order valence-electron chi connectivity index (χ3n) is 4.28. The zero-order chi connectivity index (χ0) is 16.6. The lowest BCUT2D eigenvalue weighted by molar-refractivity contribution is 0.103. The predicted molar refractivity (Wildman–Crippen MR) is 97.9 cm³/mol. The lowest BCUT2D eigenvalue weighted by Gasteiger charge is -2.25. The van der Waals surface area contributed by atoms with Gasteiger partial charge in [-0.1, -0.05) is 37.1 Å². The molecule has 1 aliphatic rings. The van der Waals surface area contributed by atoms with Gasteiger partial charge in [-0.15, -0.1) is 21.5 Å². The van der Waals surface area contributed by atoms with Gasteiger partial charge in [0.15, 0.2) is 5.16 Å². The minimum absolute atomic E-state index is 0.0773. The van der Waals surface area contributed by atoms with Crippen LogP contribution in [0.3, 0.4) is 0 Å². The predicted octanol–water partition coefficient (Wildman–Crippen LogP) is 3.54. The monoisotopic (exact) mass is 367 g/mol. The number of aromatic nitrogens is 3. The second-order valence-corrected chi connectivity index (χ2v) is 8.10. The number of aliphatic hydroxyl groups excluding tert-OH is 1. The second-order valence-electron chi connectivity index (χ2n) is 6.00. The Hall–Kier alpha value is -0.890. The number of ether oxygens (including phenoxy) is 1. The molecular weight excluding hydrogens is 342 g/mol. The fourth-order valence-corrected chi connectivity index (χ4v) is 4.74. The lowest BCUT2D eigenvalue weighted by atomic mass is 9.95. The summed E-state index contributed by atoms with van der Waals surface area (Å²) in [6, 6.07) is 4.79. The Morgan fingerprint density at radius 3 is 2.88 bits per heavy atom. The van der Waals surface area contributed by atoms with Crippen molar-refractivity contribution in [1.29, 1.82) is 0 Å². The Balaban J connectivity index is 1.70. The SMILES string of the molecule is OCCOCCSc1nnc(Cc2cccs2)n1C1CCCCC1. The second kappa shape index (κ2) is 9.56. The molecule has 0 atom stereocenters. The number of thiophene rings is 1. The van der Waals surface area contributed by atoms with E-state index in [1.54, 1.807) is 23.1 Å². The third kappa shape index (κ3) is 4.81. The molecule has 132 valence electrons. The Morgan fingerprint density at radius 1 is 1.25 bits per heavy atom. The van der Waals surface area contributed by atoms with E-state index in [-0.39, 0.29) is 6.61 Å². The number of thioether (sulfide) groups is 1. The molecule has 0 amide bonds. The molecule has 2 aromatic rings. The van der Waals surface area contributed by atoms with Gasteiger partial charge in [-0.2, -0.15) is 0 Å². The van der Waals surface area contributed by atoms with Gasteiger partial charge in [0.2, 0.25) is 0 Å². The molecule has 3 rings (SSSR count). The van der Waals surface area contributed by atoms with E-state index < -0.39 is 0 Å². The number of hydrogen-bond donors (Lipinski definition) is 1. The van der Waals surface area contributed by atoms with Crippen LogP contribution in [-0.4, -0.2) is 45.4 Å². The highest BCUT2D eigenvalue weighted by Gasteiger charge is 2.23. The molecule has 1 N–H and O–H groups in total. The Bertz CT molecular complexity index is 595. The topological polar surface area (TPSA) is 60.2 Å². The van der Waals surface area contributed by atoms with Crippen molar-refractivity contribution in [1.82, 2.24) is 14.8 Å². The van der Waals surface area contributed by atoms with Crippen LogP contribution in [0, 0.1) is 0 Å². The first-order valence-electron chi connectivity index (χ1n) is 8.66. The molecule has 1 fully saturated rings. The quantitative estimate of drug-likeness (QED) is 0.543. The van der Waals surface area contributed by atoms with Gasteiger partial charge in [-0.05, 0) is 24.3 Å². The summed E-state index contributed by atoms with van der Waals surface area (Å²) in [4.78, 5) is 1.34. The fraction of sp³-hybridized carbons (Fsp3) is 0.647. The Kier molecular flexibility index (Phi) is 7.13. The summed E-state index contributed by atoms with van der Waals surface area (Å²) in [6.07, 6.45) is 7.25. The van der Waals surface area contributed by atoms with E-state index >= 15 is 0 Å². The lowest BCUT2D eigenvalue weighted by Crippen LogP contribution is -2.17. The molecule has 0 spiro atoms. The van der Waals surface area contributed by atoms with Crippen molar-refractivity contribution < 1.29 is 9.84 Å². The van der Waals surface area contributed by atoms with Crippen molar-refractivity contribution in [2.24, 2.45) is 0 Å². The minimum atomic E-state index is 0.0773. The van der Waals surface area contributed by atoms with Crippen molar-refractivity contribution in [3.8, 4) is 0 Å². The first-order valence-corrected chi connectivity index (χ1v) is 10.5. The van der Waals surface area contributed by atoms with Crippen LogP contribution in [-0.2, 0) is 11.2 Å². The van der Waals surface area contributed by atoms with Crippen LogP contribution >= 0.6 is 23.1 Å². The summed E-state index contributed by atoms with van der Waals surface area (Å²) >= 11 is 3.49. The van der Waals surface area contributed by atoms with Crippen molar-refractivity contribution in [2.75, 3.05) is 25.6 Å². The van der Waals surface area contributed by atoms with Crippen LogP contribution in [0.15, 0.2) is 22.7 Å². The molecular formula is C17H25N3O2S2. The van der Waals surface area contributed by atoms with Crippen molar-refractivity contribution in [3.05, 3.63) is 28.2 Å². The summed E-state index contributed by atoms with van der Waals surface area (Å²) in [6.45, 7) is 1.11. The standard InChI is InChI=1S/C17H25N3O2S2/c21-8-9-22-10-12-24-17-19-18-16(13-15-7-4-11-23-15)20(17)14-5-2-1-3-6-14/h4,7,11,14,21H,1-3,5-6,8-10,12-13H2. The first kappa shape index (κ1) is 17.9. The van der Waals surface area contributed by atoms with E-state index in [1.807, 2.05) is 0 Å². The zero-order valence-corrected chi connectivity index (χ0v) is 15.5. The molecule has 2 heterocycles. The van der Waals surface area contributed by atoms with Gasteiger partial charge in [-0.3, -0.25) is 0 Å². The van der Waals surface area contributed by atoms with E-state index in [1.165, 1.54) is 37.0 Å². The van der Waals surface area contributed by atoms with Gasteiger partial charge in [0.25, 0.3) is 0 Å². The summed E-state index contributed by atoms with van der Waals surface area (Å²) in [5, 5.41) is 20.9. The molecule has 0 bridgehead atoms. The molecule has 7 heteroatoms. The van der Waals surface area contributed by atoms with Crippen LogP contribution in [0.25, 0.3) is 0 Å². The molecule has 0 aliphatic heterocycles. The Labute approximate surface area is 151 Å². The molecule has 2 aromatic heterocycles. The van der Waals surface area contributed by atoms with E-state index in [0.717, 1.165) is 23.2 Å². The maximum absolute atomic E-state index is 8.77. The first-order chi connectivity index (χ1) is 11.9. The number of rotatable bonds is 9. The van der Waals surface area contributed by atoms with E-state index in [0.29, 0.717) is 19.3 Å². The molecule has 24 heavy (non-hydrogen) atoms. The fourth-order valence-electron chi connectivity index (χ4n) is 3.16. The van der Waals surface area contributed by atoms with Crippen LogP contribution in [0.5, 0.6) is 0 Å². The average molecular weight is 368 g/mol. The number of aliphatic hydroxyl groups is 1. The highest BCUT2D eigenvalue weighted by molar-refractivity contribution is 7.99. The van der Waals surface area contributed by atoms with E-state index in [4.69, 9.17) is 9.84 Å². The largest absolute Gasteiger partial charge is 0.394 e. The summed E-state index contributed by atoms with van der Waals surface area (Å²) < 4.78 is 7.74. The summed E-state index contributed by atoms with van der Waals surface area (Å²) in [7, 11) is 0. The summed E-state index contributed by atoms with van der Waals surface area (Å²) in [5.74, 6) is 1.92. The molecule has 0 unspecified atom stereocenters. The molecule has 0 saturated heterocycles. The van der Waals surface area contributed by atoms with E-state index in [9.17, 15) is 0 Å². The number of nitrogens with zero attached hydrogens (tertiary/aromatic N) is 3. The Morgan fingerprint density at radius 2 is 2.12 bits per heavy atom. The third-order valence-corrected chi connectivity index (χ3v) is 6.07. The number of hydrogen-bond acceptors (Lipinski definition) is 6. The highest BCUT2D eigenvalue weighted by atomic mass is 32.2. The minimum Gasteiger partial charge on any atom is -0.394 e.